The molecule has 3 aromatic carbocycles. The average Bonchev–Trinajstić information content (AvgIpc) is 2.65. The molecule has 116 valence electrons. The Morgan fingerprint density at radius 3 is 2.08 bits per heavy atom. The predicted octanol–water partition coefficient (Wildman–Crippen LogP) is 5.25. The highest BCUT2D eigenvalue weighted by molar-refractivity contribution is 5.82. The minimum absolute atomic E-state index is 0.181. The zero-order valence-corrected chi connectivity index (χ0v) is 12.8. The molecular formula is C21H14O3. The second-order valence-corrected chi connectivity index (χ2v) is 5.37. The van der Waals surface area contributed by atoms with Crippen molar-refractivity contribution in [3.05, 3.63) is 95.2 Å². The van der Waals surface area contributed by atoms with E-state index < -0.39 is 0 Å². The van der Waals surface area contributed by atoms with Crippen LogP contribution in [0.5, 0.6) is 11.5 Å². The van der Waals surface area contributed by atoms with Crippen LogP contribution in [0, 0.1) is 0 Å². The lowest BCUT2D eigenvalue weighted by atomic mass is 10.1. The van der Waals surface area contributed by atoms with E-state index in [2.05, 4.69) is 0 Å². The molecule has 4 aromatic rings. The summed E-state index contributed by atoms with van der Waals surface area (Å²) in [5.74, 6) is 1.23. The molecule has 0 bridgehead atoms. The Morgan fingerprint density at radius 2 is 1.33 bits per heavy atom. The molecule has 0 aliphatic rings. The smallest absolute Gasteiger partial charge is 0.235 e. The Bertz CT molecular complexity index is 1030. The van der Waals surface area contributed by atoms with Crippen LogP contribution >= 0.6 is 0 Å². The molecule has 1 aromatic heterocycles. The zero-order chi connectivity index (χ0) is 16.4. The number of para-hydroxylation sites is 2. The molecule has 3 nitrogen and oxygen atoms in total. The normalized spacial score (nSPS) is 10.7. The predicted molar refractivity (Wildman–Crippen MR) is 94.4 cm³/mol. The van der Waals surface area contributed by atoms with E-state index in [1.807, 2.05) is 72.8 Å². The molecule has 1 heterocycles. The number of fused-ring (bicyclic) bond motifs is 1. The highest BCUT2D eigenvalue weighted by Gasteiger charge is 2.18. The second-order valence-electron chi connectivity index (χ2n) is 5.37. The van der Waals surface area contributed by atoms with Crippen LogP contribution in [0.3, 0.4) is 0 Å². The molecule has 4 rings (SSSR count). The minimum atomic E-state index is -0.181. The maximum absolute atomic E-state index is 12.9. The Kier molecular flexibility index (Phi) is 3.60. The van der Waals surface area contributed by atoms with Crippen molar-refractivity contribution < 1.29 is 9.15 Å². The van der Waals surface area contributed by atoms with Crippen molar-refractivity contribution in [1.29, 1.82) is 0 Å². The van der Waals surface area contributed by atoms with Crippen LogP contribution in [0.1, 0.15) is 0 Å². The summed E-state index contributed by atoms with van der Waals surface area (Å²) in [5.41, 5.74) is 1.16. The number of hydrogen-bond acceptors (Lipinski definition) is 3. The third kappa shape index (κ3) is 2.57. The van der Waals surface area contributed by atoms with Crippen LogP contribution in [0.4, 0.5) is 0 Å². The van der Waals surface area contributed by atoms with Gasteiger partial charge >= 0.3 is 0 Å². The van der Waals surface area contributed by atoms with Gasteiger partial charge in [0.25, 0.3) is 0 Å². The van der Waals surface area contributed by atoms with E-state index >= 15 is 0 Å². The van der Waals surface area contributed by atoms with E-state index in [0.29, 0.717) is 22.5 Å². The molecule has 0 fully saturated rings. The molecule has 0 aliphatic carbocycles. The molecule has 0 saturated carbocycles. The van der Waals surface area contributed by atoms with Gasteiger partial charge in [-0.15, -0.1) is 0 Å². The summed E-state index contributed by atoms with van der Waals surface area (Å²) in [5, 5.41) is 0.503. The van der Waals surface area contributed by atoms with E-state index in [4.69, 9.17) is 9.15 Å². The van der Waals surface area contributed by atoms with E-state index in [0.717, 1.165) is 5.56 Å². The standard InChI is InChI=1S/C21H14O3/c22-19-17-13-7-8-14-18(17)24-20(15-9-3-1-4-10-15)21(19)23-16-11-5-2-6-12-16/h1-14H. The zero-order valence-electron chi connectivity index (χ0n) is 12.8. The topological polar surface area (TPSA) is 39.4 Å². The van der Waals surface area contributed by atoms with Crippen molar-refractivity contribution in [2.75, 3.05) is 0 Å². The van der Waals surface area contributed by atoms with Gasteiger partial charge in [0.15, 0.2) is 5.76 Å². The first-order chi connectivity index (χ1) is 11.8. The first-order valence-corrected chi connectivity index (χ1v) is 7.67. The van der Waals surface area contributed by atoms with Crippen LogP contribution in [-0.4, -0.2) is 0 Å². The fourth-order valence-corrected chi connectivity index (χ4v) is 2.60. The summed E-state index contributed by atoms with van der Waals surface area (Å²) in [7, 11) is 0. The first-order valence-electron chi connectivity index (χ1n) is 7.67. The summed E-state index contributed by atoms with van der Waals surface area (Å²) in [4.78, 5) is 12.9. The van der Waals surface area contributed by atoms with Gasteiger partial charge in [0.2, 0.25) is 11.2 Å². The second kappa shape index (κ2) is 6.05. The molecule has 0 N–H and O–H groups in total. The summed E-state index contributed by atoms with van der Waals surface area (Å²) < 4.78 is 11.9. The van der Waals surface area contributed by atoms with Crippen molar-refractivity contribution in [1.82, 2.24) is 0 Å². The quantitative estimate of drug-likeness (QED) is 0.518. The third-order valence-corrected chi connectivity index (χ3v) is 3.76. The largest absolute Gasteiger partial charge is 0.452 e. The van der Waals surface area contributed by atoms with E-state index in [9.17, 15) is 4.79 Å². The fourth-order valence-electron chi connectivity index (χ4n) is 2.60. The lowest BCUT2D eigenvalue weighted by Crippen LogP contribution is -2.07. The molecule has 0 unspecified atom stereocenters. The average molecular weight is 314 g/mol. The molecule has 3 heteroatoms. The van der Waals surface area contributed by atoms with E-state index in [1.165, 1.54) is 0 Å². The first kappa shape index (κ1) is 14.3. The van der Waals surface area contributed by atoms with Gasteiger partial charge in [-0.1, -0.05) is 60.7 Å². The number of ether oxygens (including phenoxy) is 1. The maximum Gasteiger partial charge on any atom is 0.235 e. The van der Waals surface area contributed by atoms with Crippen LogP contribution in [0.2, 0.25) is 0 Å². The maximum atomic E-state index is 12.9. The van der Waals surface area contributed by atoms with Gasteiger partial charge < -0.3 is 9.15 Å². The molecule has 0 saturated heterocycles. The van der Waals surface area contributed by atoms with Gasteiger partial charge in [0.1, 0.15) is 11.3 Å². The summed E-state index contributed by atoms with van der Waals surface area (Å²) in [6, 6.07) is 25.9. The lowest BCUT2D eigenvalue weighted by Gasteiger charge is -2.11. The van der Waals surface area contributed by atoms with Crippen LogP contribution in [-0.2, 0) is 0 Å². The highest BCUT2D eigenvalue weighted by Crippen LogP contribution is 2.33. The fraction of sp³-hybridized carbons (Fsp3) is 0. The molecule has 0 atom stereocenters. The Hall–Kier alpha value is -3.33. The van der Waals surface area contributed by atoms with Crippen molar-refractivity contribution >= 4 is 11.0 Å². The molecule has 0 spiro atoms. The Labute approximate surface area is 138 Å². The number of rotatable bonds is 3. The van der Waals surface area contributed by atoms with E-state index in [-0.39, 0.29) is 11.2 Å². The van der Waals surface area contributed by atoms with E-state index in [1.54, 1.807) is 12.1 Å². The number of benzene rings is 3. The summed E-state index contributed by atoms with van der Waals surface area (Å²) in [6.45, 7) is 0. The van der Waals surface area contributed by atoms with Crippen LogP contribution in [0.25, 0.3) is 22.3 Å². The van der Waals surface area contributed by atoms with Gasteiger partial charge in [0.05, 0.1) is 5.39 Å². The molecule has 0 radical (unpaired) electrons. The number of hydrogen-bond donors (Lipinski definition) is 0. The van der Waals surface area contributed by atoms with Gasteiger partial charge in [-0.3, -0.25) is 4.79 Å². The van der Waals surface area contributed by atoms with Crippen molar-refractivity contribution in [2.24, 2.45) is 0 Å². The Balaban J connectivity index is 1.98. The minimum Gasteiger partial charge on any atom is -0.452 e. The van der Waals surface area contributed by atoms with Crippen molar-refractivity contribution in [3.63, 3.8) is 0 Å². The third-order valence-electron chi connectivity index (χ3n) is 3.76. The summed E-state index contributed by atoms with van der Waals surface area (Å²) in [6.07, 6.45) is 0. The van der Waals surface area contributed by atoms with Gasteiger partial charge in [0, 0.05) is 5.56 Å². The SMILES string of the molecule is O=c1c(Oc2ccccc2)c(-c2ccccc2)oc2ccccc12. The van der Waals surface area contributed by atoms with Gasteiger partial charge in [-0.25, -0.2) is 0 Å². The summed E-state index contributed by atoms with van der Waals surface area (Å²) >= 11 is 0. The van der Waals surface area contributed by atoms with Gasteiger partial charge in [-0.05, 0) is 24.3 Å². The van der Waals surface area contributed by atoms with Crippen LogP contribution in [0.15, 0.2) is 94.1 Å². The molecule has 0 aliphatic heterocycles. The van der Waals surface area contributed by atoms with Crippen molar-refractivity contribution in [3.8, 4) is 22.8 Å². The van der Waals surface area contributed by atoms with Gasteiger partial charge in [-0.2, -0.15) is 0 Å². The van der Waals surface area contributed by atoms with Crippen molar-refractivity contribution in [2.45, 2.75) is 0 Å². The lowest BCUT2D eigenvalue weighted by molar-refractivity contribution is 0.458. The highest BCUT2D eigenvalue weighted by atomic mass is 16.5. The van der Waals surface area contributed by atoms with Crippen LogP contribution < -0.4 is 10.2 Å². The molecule has 24 heavy (non-hydrogen) atoms. The molecule has 0 amide bonds. The Morgan fingerprint density at radius 1 is 0.708 bits per heavy atom. The molecular weight excluding hydrogens is 300 g/mol. The monoisotopic (exact) mass is 314 g/mol.